The highest BCUT2D eigenvalue weighted by atomic mass is 16.3. The molecule has 1 fully saturated rings. The summed E-state index contributed by atoms with van der Waals surface area (Å²) >= 11 is 0. The molecule has 2 atom stereocenters. The van der Waals surface area contributed by atoms with Crippen LogP contribution in [0.3, 0.4) is 0 Å². The molecule has 0 aliphatic heterocycles. The van der Waals surface area contributed by atoms with E-state index in [4.69, 9.17) is 4.42 Å². The van der Waals surface area contributed by atoms with Gasteiger partial charge in [-0.25, -0.2) is 0 Å². The molecule has 13 heavy (non-hydrogen) atoms. The second-order valence-corrected chi connectivity index (χ2v) is 4.21. The molecule has 0 saturated heterocycles. The highest BCUT2D eigenvalue weighted by molar-refractivity contribution is 6.00. The molecule has 2 aliphatic rings. The van der Waals surface area contributed by atoms with E-state index in [-0.39, 0.29) is 0 Å². The number of ketones is 1. The van der Waals surface area contributed by atoms with E-state index in [0.29, 0.717) is 17.6 Å². The van der Waals surface area contributed by atoms with Crippen LogP contribution in [0, 0.1) is 12.8 Å². The number of carbonyl (C=O) groups excluding carboxylic acids is 1. The van der Waals surface area contributed by atoms with Gasteiger partial charge in [-0.2, -0.15) is 0 Å². The van der Waals surface area contributed by atoms with Crippen LogP contribution in [0.5, 0.6) is 0 Å². The van der Waals surface area contributed by atoms with E-state index in [2.05, 4.69) is 0 Å². The van der Waals surface area contributed by atoms with E-state index in [9.17, 15) is 4.79 Å². The van der Waals surface area contributed by atoms with Crippen molar-refractivity contribution in [3.8, 4) is 0 Å². The maximum Gasteiger partial charge on any atom is 0.169 e. The summed E-state index contributed by atoms with van der Waals surface area (Å²) < 4.78 is 5.59. The van der Waals surface area contributed by atoms with Crippen LogP contribution in [0.2, 0.25) is 0 Å². The third-order valence-corrected chi connectivity index (χ3v) is 3.32. The summed E-state index contributed by atoms with van der Waals surface area (Å²) in [7, 11) is 0. The molecule has 1 saturated carbocycles. The van der Waals surface area contributed by atoms with Crippen LogP contribution in [0.15, 0.2) is 10.5 Å². The van der Waals surface area contributed by atoms with Gasteiger partial charge in [0, 0.05) is 11.8 Å². The number of aryl methyl sites for hydroxylation is 1. The highest BCUT2D eigenvalue weighted by Crippen LogP contribution is 2.46. The van der Waals surface area contributed by atoms with Gasteiger partial charge in [0.15, 0.2) is 5.78 Å². The Labute approximate surface area is 76.9 Å². The molecule has 1 heterocycles. The molecule has 0 spiro atoms. The predicted octanol–water partition coefficient (Wildman–Crippen LogP) is 2.67. The molecule has 0 amide bonds. The first-order valence-electron chi connectivity index (χ1n) is 4.90. The molecule has 2 heteroatoms. The molecule has 0 aromatic carbocycles. The van der Waals surface area contributed by atoms with Crippen LogP contribution >= 0.6 is 0 Å². The lowest BCUT2D eigenvalue weighted by Gasteiger charge is -2.15. The van der Waals surface area contributed by atoms with Crippen LogP contribution in [-0.4, -0.2) is 5.78 Å². The summed E-state index contributed by atoms with van der Waals surface area (Å²) in [5.41, 5.74) is 0.872. The van der Waals surface area contributed by atoms with Crippen LogP contribution in [-0.2, 0) is 0 Å². The van der Waals surface area contributed by atoms with Gasteiger partial charge < -0.3 is 4.42 Å². The van der Waals surface area contributed by atoms with Gasteiger partial charge in [0.25, 0.3) is 0 Å². The fraction of sp³-hybridized carbons (Fsp3) is 0.545. The van der Waals surface area contributed by atoms with Crippen molar-refractivity contribution in [2.75, 3.05) is 0 Å². The van der Waals surface area contributed by atoms with E-state index in [0.717, 1.165) is 36.3 Å². The van der Waals surface area contributed by atoms with Crippen molar-refractivity contribution >= 4 is 5.78 Å². The average Bonchev–Trinajstić information content (AvgIpc) is 2.65. The number of hydrogen-bond donors (Lipinski definition) is 0. The van der Waals surface area contributed by atoms with Gasteiger partial charge in [-0.15, -0.1) is 0 Å². The second-order valence-electron chi connectivity index (χ2n) is 4.21. The smallest absolute Gasteiger partial charge is 0.169 e. The molecular weight excluding hydrogens is 164 g/mol. The van der Waals surface area contributed by atoms with Crippen molar-refractivity contribution in [1.29, 1.82) is 0 Å². The summed E-state index contributed by atoms with van der Waals surface area (Å²) in [5, 5.41) is 0. The summed E-state index contributed by atoms with van der Waals surface area (Å²) in [4.78, 5) is 11.8. The lowest BCUT2D eigenvalue weighted by atomic mass is 9.87. The first-order valence-corrected chi connectivity index (χ1v) is 4.90. The van der Waals surface area contributed by atoms with Crippen molar-refractivity contribution in [3.63, 3.8) is 0 Å². The Balaban J connectivity index is 2.20. The molecule has 2 bridgehead atoms. The zero-order chi connectivity index (χ0) is 9.00. The Bertz CT molecular complexity index is 375. The maximum absolute atomic E-state index is 11.8. The van der Waals surface area contributed by atoms with Crippen molar-refractivity contribution in [3.05, 3.63) is 23.2 Å². The Morgan fingerprint density at radius 3 is 3.00 bits per heavy atom. The maximum atomic E-state index is 11.8. The van der Waals surface area contributed by atoms with Crippen LogP contribution in [0.25, 0.3) is 0 Å². The number of Topliss-reactive ketones (excluding diaryl/α,β-unsaturated/α-hetero) is 1. The SMILES string of the molecule is Cc1cc2c(o1)C1CCC(C1)C2=O. The lowest BCUT2D eigenvalue weighted by molar-refractivity contribution is 0.0910. The third kappa shape index (κ3) is 0.859. The molecule has 1 aromatic rings. The fourth-order valence-corrected chi connectivity index (χ4v) is 2.71. The summed E-state index contributed by atoms with van der Waals surface area (Å²) in [6, 6.07) is 1.90. The number of carbonyl (C=O) groups is 1. The van der Waals surface area contributed by atoms with E-state index in [1.165, 1.54) is 0 Å². The van der Waals surface area contributed by atoms with Crippen molar-refractivity contribution in [2.45, 2.75) is 32.1 Å². The summed E-state index contributed by atoms with van der Waals surface area (Å²) in [6.45, 7) is 1.92. The Morgan fingerprint density at radius 2 is 2.15 bits per heavy atom. The quantitative estimate of drug-likeness (QED) is 0.608. The molecule has 0 N–H and O–H groups in total. The van der Waals surface area contributed by atoms with Crippen LogP contribution in [0.1, 0.15) is 47.1 Å². The van der Waals surface area contributed by atoms with Crippen LogP contribution in [0.4, 0.5) is 0 Å². The average molecular weight is 176 g/mol. The van der Waals surface area contributed by atoms with Gasteiger partial charge in [0.2, 0.25) is 0 Å². The molecular formula is C11H12O2. The minimum atomic E-state index is 0.300. The van der Waals surface area contributed by atoms with Gasteiger partial charge in [0.1, 0.15) is 11.5 Å². The first-order chi connectivity index (χ1) is 6.25. The molecule has 1 aromatic heterocycles. The zero-order valence-corrected chi connectivity index (χ0v) is 7.67. The highest BCUT2D eigenvalue weighted by Gasteiger charge is 2.41. The van der Waals surface area contributed by atoms with Gasteiger partial charge in [-0.1, -0.05) is 0 Å². The minimum Gasteiger partial charge on any atom is -0.465 e. The molecule has 68 valence electrons. The Hall–Kier alpha value is -1.05. The van der Waals surface area contributed by atoms with Gasteiger partial charge >= 0.3 is 0 Å². The molecule has 0 radical (unpaired) electrons. The van der Waals surface area contributed by atoms with Gasteiger partial charge in [-0.3, -0.25) is 4.79 Å². The van der Waals surface area contributed by atoms with E-state index in [1.54, 1.807) is 0 Å². The second kappa shape index (κ2) is 2.25. The number of hydrogen-bond acceptors (Lipinski definition) is 2. The minimum absolute atomic E-state index is 0.300. The summed E-state index contributed by atoms with van der Waals surface area (Å²) in [5.74, 6) is 3.00. The first kappa shape index (κ1) is 7.36. The van der Waals surface area contributed by atoms with Crippen molar-refractivity contribution in [2.24, 2.45) is 5.92 Å². The van der Waals surface area contributed by atoms with E-state index in [1.807, 2.05) is 13.0 Å². The molecule has 3 rings (SSSR count). The molecule has 2 nitrogen and oxygen atoms in total. The Morgan fingerprint density at radius 1 is 1.38 bits per heavy atom. The van der Waals surface area contributed by atoms with Crippen molar-refractivity contribution < 1.29 is 9.21 Å². The van der Waals surface area contributed by atoms with E-state index < -0.39 is 0 Å². The van der Waals surface area contributed by atoms with Crippen molar-refractivity contribution in [1.82, 2.24) is 0 Å². The Kier molecular flexibility index (Phi) is 1.27. The number of rotatable bonds is 0. The molecule has 2 aliphatic carbocycles. The number of furan rings is 1. The van der Waals surface area contributed by atoms with Gasteiger partial charge in [-0.05, 0) is 32.3 Å². The largest absolute Gasteiger partial charge is 0.465 e. The summed E-state index contributed by atoms with van der Waals surface area (Å²) in [6.07, 6.45) is 3.22. The molecule has 2 unspecified atom stereocenters. The third-order valence-electron chi connectivity index (χ3n) is 3.32. The lowest BCUT2D eigenvalue weighted by Crippen LogP contribution is -2.17. The standard InChI is InChI=1S/C11H12O2/c1-6-4-9-10(12)7-2-3-8(5-7)11(9)13-6/h4,7-8H,2-3,5H2,1H3. The number of fused-ring (bicyclic) bond motifs is 4. The van der Waals surface area contributed by atoms with Crippen LogP contribution < -0.4 is 0 Å². The normalized spacial score (nSPS) is 30.7. The topological polar surface area (TPSA) is 30.2 Å². The predicted molar refractivity (Wildman–Crippen MR) is 47.9 cm³/mol. The monoisotopic (exact) mass is 176 g/mol. The van der Waals surface area contributed by atoms with E-state index >= 15 is 0 Å². The fourth-order valence-electron chi connectivity index (χ4n) is 2.71. The van der Waals surface area contributed by atoms with Gasteiger partial charge in [0.05, 0.1) is 5.56 Å². The zero-order valence-electron chi connectivity index (χ0n) is 7.67.